The van der Waals surface area contributed by atoms with E-state index in [9.17, 15) is 4.79 Å². The molecule has 2 rings (SSSR count). The standard InChI is InChI=1S/C15H25N3O/c1-3-14(4-2)18-10-8-13(17-18)11-15(19)7-9-16-12-5-6-12/h8,10,12,14,16H,3-7,9,11H2,1-2H3. The number of carbonyl (C=O) groups is 1. The first-order valence-corrected chi connectivity index (χ1v) is 7.52. The third-order valence-electron chi connectivity index (χ3n) is 3.77. The van der Waals surface area contributed by atoms with Crippen molar-refractivity contribution in [2.75, 3.05) is 6.54 Å². The van der Waals surface area contributed by atoms with E-state index in [1.807, 2.05) is 16.9 Å². The van der Waals surface area contributed by atoms with Crippen LogP contribution in [-0.2, 0) is 11.2 Å². The smallest absolute Gasteiger partial charge is 0.140 e. The lowest BCUT2D eigenvalue weighted by Crippen LogP contribution is -2.21. The van der Waals surface area contributed by atoms with E-state index >= 15 is 0 Å². The molecule has 0 aromatic carbocycles. The highest BCUT2D eigenvalue weighted by molar-refractivity contribution is 5.80. The van der Waals surface area contributed by atoms with Crippen molar-refractivity contribution in [2.45, 2.75) is 64.5 Å². The second kappa shape index (κ2) is 6.85. The molecule has 0 atom stereocenters. The molecule has 1 aliphatic carbocycles. The van der Waals surface area contributed by atoms with Crippen LogP contribution in [0.4, 0.5) is 0 Å². The summed E-state index contributed by atoms with van der Waals surface area (Å²) < 4.78 is 2.01. The van der Waals surface area contributed by atoms with Gasteiger partial charge in [0, 0.05) is 25.2 Å². The molecule has 0 radical (unpaired) electrons. The highest BCUT2D eigenvalue weighted by Gasteiger charge is 2.20. The molecule has 0 unspecified atom stereocenters. The van der Waals surface area contributed by atoms with Crippen LogP contribution in [0.3, 0.4) is 0 Å². The first-order chi connectivity index (χ1) is 9.22. The number of Topliss-reactive ketones (excluding diaryl/α,β-unsaturated/α-hetero) is 1. The molecular weight excluding hydrogens is 238 g/mol. The van der Waals surface area contributed by atoms with Gasteiger partial charge in [-0.05, 0) is 31.7 Å². The van der Waals surface area contributed by atoms with E-state index in [2.05, 4.69) is 24.3 Å². The average Bonchev–Trinajstić information content (AvgIpc) is 3.11. The Labute approximate surface area is 115 Å². The molecule has 1 fully saturated rings. The van der Waals surface area contributed by atoms with E-state index in [-0.39, 0.29) is 5.78 Å². The molecule has 1 aliphatic rings. The predicted molar refractivity (Wildman–Crippen MR) is 76.2 cm³/mol. The minimum Gasteiger partial charge on any atom is -0.314 e. The maximum atomic E-state index is 11.8. The van der Waals surface area contributed by atoms with Gasteiger partial charge in [0.15, 0.2) is 0 Å². The Hall–Kier alpha value is -1.16. The fraction of sp³-hybridized carbons (Fsp3) is 0.733. The van der Waals surface area contributed by atoms with Crippen molar-refractivity contribution in [2.24, 2.45) is 0 Å². The van der Waals surface area contributed by atoms with Gasteiger partial charge in [0.25, 0.3) is 0 Å². The van der Waals surface area contributed by atoms with E-state index in [0.717, 1.165) is 25.1 Å². The summed E-state index contributed by atoms with van der Waals surface area (Å²) in [5.41, 5.74) is 0.906. The van der Waals surface area contributed by atoms with E-state index in [4.69, 9.17) is 0 Å². The minimum absolute atomic E-state index is 0.281. The first-order valence-electron chi connectivity index (χ1n) is 7.52. The van der Waals surface area contributed by atoms with Crippen LogP contribution < -0.4 is 5.32 Å². The van der Waals surface area contributed by atoms with Crippen LogP contribution in [0.1, 0.15) is 57.7 Å². The van der Waals surface area contributed by atoms with Crippen molar-refractivity contribution in [1.82, 2.24) is 15.1 Å². The Balaban J connectivity index is 1.76. The minimum atomic E-state index is 0.281. The maximum Gasteiger partial charge on any atom is 0.140 e. The van der Waals surface area contributed by atoms with Crippen LogP contribution in [-0.4, -0.2) is 28.2 Å². The van der Waals surface area contributed by atoms with Gasteiger partial charge in [-0.2, -0.15) is 5.10 Å². The van der Waals surface area contributed by atoms with Gasteiger partial charge < -0.3 is 5.32 Å². The SMILES string of the molecule is CCC(CC)n1ccc(CC(=O)CCNC2CC2)n1. The monoisotopic (exact) mass is 263 g/mol. The molecule has 0 saturated heterocycles. The zero-order chi connectivity index (χ0) is 13.7. The molecule has 0 spiro atoms. The van der Waals surface area contributed by atoms with Crippen molar-refractivity contribution in [3.63, 3.8) is 0 Å². The summed E-state index contributed by atoms with van der Waals surface area (Å²) in [5, 5.41) is 7.89. The van der Waals surface area contributed by atoms with Gasteiger partial charge >= 0.3 is 0 Å². The molecule has 19 heavy (non-hydrogen) atoms. The molecule has 0 aliphatic heterocycles. The summed E-state index contributed by atoms with van der Waals surface area (Å²) in [4.78, 5) is 11.8. The molecule has 0 bridgehead atoms. The molecule has 1 heterocycles. The molecule has 1 aromatic rings. The van der Waals surface area contributed by atoms with E-state index in [1.165, 1.54) is 12.8 Å². The Morgan fingerprint density at radius 2 is 2.21 bits per heavy atom. The fourth-order valence-electron chi connectivity index (χ4n) is 2.33. The number of hydrogen-bond donors (Lipinski definition) is 1. The molecular formula is C15H25N3O. The molecule has 1 aromatic heterocycles. The number of aromatic nitrogens is 2. The Morgan fingerprint density at radius 3 is 2.84 bits per heavy atom. The molecule has 4 heteroatoms. The molecule has 0 amide bonds. The number of carbonyl (C=O) groups excluding carboxylic acids is 1. The Kier molecular flexibility index (Phi) is 5.14. The number of ketones is 1. The molecule has 4 nitrogen and oxygen atoms in total. The third kappa shape index (κ3) is 4.46. The highest BCUT2D eigenvalue weighted by Crippen LogP contribution is 2.18. The number of nitrogens with one attached hydrogen (secondary N) is 1. The zero-order valence-electron chi connectivity index (χ0n) is 12.1. The van der Waals surface area contributed by atoms with Gasteiger partial charge in [0.2, 0.25) is 0 Å². The largest absolute Gasteiger partial charge is 0.314 e. The predicted octanol–water partition coefficient (Wildman–Crippen LogP) is 2.50. The lowest BCUT2D eigenvalue weighted by atomic mass is 10.2. The summed E-state index contributed by atoms with van der Waals surface area (Å²) >= 11 is 0. The second-order valence-electron chi connectivity index (χ2n) is 5.45. The number of rotatable bonds is 9. The van der Waals surface area contributed by atoms with Crippen molar-refractivity contribution in [1.29, 1.82) is 0 Å². The summed E-state index contributed by atoms with van der Waals surface area (Å²) in [7, 11) is 0. The van der Waals surface area contributed by atoms with Crippen LogP contribution in [0.25, 0.3) is 0 Å². The second-order valence-corrected chi connectivity index (χ2v) is 5.45. The highest BCUT2D eigenvalue weighted by atomic mass is 16.1. The third-order valence-corrected chi connectivity index (χ3v) is 3.77. The summed E-state index contributed by atoms with van der Waals surface area (Å²) in [6.07, 6.45) is 7.80. The van der Waals surface area contributed by atoms with Crippen molar-refractivity contribution < 1.29 is 4.79 Å². The van der Waals surface area contributed by atoms with Gasteiger partial charge in [-0.1, -0.05) is 13.8 Å². The Bertz CT molecular complexity index is 405. The quantitative estimate of drug-likeness (QED) is 0.744. The van der Waals surface area contributed by atoms with Crippen LogP contribution in [0.2, 0.25) is 0 Å². The van der Waals surface area contributed by atoms with Gasteiger partial charge in [0.1, 0.15) is 5.78 Å². The van der Waals surface area contributed by atoms with E-state index < -0.39 is 0 Å². The van der Waals surface area contributed by atoms with E-state index in [0.29, 0.717) is 24.9 Å². The maximum absolute atomic E-state index is 11.8. The van der Waals surface area contributed by atoms with Crippen molar-refractivity contribution in [3.8, 4) is 0 Å². The average molecular weight is 263 g/mol. The van der Waals surface area contributed by atoms with Crippen LogP contribution in [0, 0.1) is 0 Å². The first kappa shape index (κ1) is 14.3. The Morgan fingerprint density at radius 1 is 1.47 bits per heavy atom. The number of nitrogens with zero attached hydrogens (tertiary/aromatic N) is 2. The van der Waals surface area contributed by atoms with Crippen LogP contribution >= 0.6 is 0 Å². The van der Waals surface area contributed by atoms with E-state index in [1.54, 1.807) is 0 Å². The van der Waals surface area contributed by atoms with Gasteiger partial charge in [-0.15, -0.1) is 0 Å². The molecule has 106 valence electrons. The van der Waals surface area contributed by atoms with Crippen LogP contribution in [0.5, 0.6) is 0 Å². The topological polar surface area (TPSA) is 46.9 Å². The van der Waals surface area contributed by atoms with Gasteiger partial charge in [0.05, 0.1) is 18.2 Å². The molecule has 1 N–H and O–H groups in total. The lowest BCUT2D eigenvalue weighted by Gasteiger charge is -2.12. The van der Waals surface area contributed by atoms with Crippen LogP contribution in [0.15, 0.2) is 12.3 Å². The lowest BCUT2D eigenvalue weighted by molar-refractivity contribution is -0.118. The summed E-state index contributed by atoms with van der Waals surface area (Å²) in [6, 6.07) is 3.12. The normalized spacial score (nSPS) is 15.1. The van der Waals surface area contributed by atoms with Gasteiger partial charge in [-0.25, -0.2) is 0 Å². The van der Waals surface area contributed by atoms with Gasteiger partial charge in [-0.3, -0.25) is 9.48 Å². The summed E-state index contributed by atoms with van der Waals surface area (Å²) in [5.74, 6) is 0.281. The fourth-order valence-corrected chi connectivity index (χ4v) is 2.33. The number of hydrogen-bond acceptors (Lipinski definition) is 3. The van der Waals surface area contributed by atoms with Crippen molar-refractivity contribution >= 4 is 5.78 Å². The molecule has 1 saturated carbocycles. The van der Waals surface area contributed by atoms with Crippen molar-refractivity contribution in [3.05, 3.63) is 18.0 Å². The summed E-state index contributed by atoms with van der Waals surface area (Å²) in [6.45, 7) is 5.16. The zero-order valence-corrected chi connectivity index (χ0v) is 12.1.